The topological polar surface area (TPSA) is 67.2 Å². The zero-order valence-corrected chi connectivity index (χ0v) is 13.6. The predicted molar refractivity (Wildman–Crippen MR) is 93.9 cm³/mol. The van der Waals surface area contributed by atoms with Crippen LogP contribution in [0.5, 0.6) is 0 Å². The van der Waals surface area contributed by atoms with Gasteiger partial charge in [-0.25, -0.2) is 0 Å². The highest BCUT2D eigenvalue weighted by atomic mass is 16.5. The summed E-state index contributed by atoms with van der Waals surface area (Å²) < 4.78 is 5.00. The van der Waals surface area contributed by atoms with Crippen LogP contribution in [0.2, 0.25) is 0 Å². The number of aryl methyl sites for hydroxylation is 2. The van der Waals surface area contributed by atoms with Crippen LogP contribution in [0.4, 0.5) is 11.5 Å². The Bertz CT molecular complexity index is 827. The van der Waals surface area contributed by atoms with Gasteiger partial charge in [-0.2, -0.15) is 0 Å². The molecular formula is C19H19N3O2. The minimum absolute atomic E-state index is 0.198. The van der Waals surface area contributed by atoms with Crippen LogP contribution in [0.15, 0.2) is 65.2 Å². The molecule has 2 aromatic carbocycles. The Morgan fingerprint density at radius 1 is 1.04 bits per heavy atom. The van der Waals surface area contributed by atoms with Gasteiger partial charge in [-0.05, 0) is 37.1 Å². The van der Waals surface area contributed by atoms with Gasteiger partial charge in [-0.15, -0.1) is 0 Å². The summed E-state index contributed by atoms with van der Waals surface area (Å²) in [5, 5.41) is 9.90. The average Bonchev–Trinajstić information content (AvgIpc) is 2.98. The third-order valence-electron chi connectivity index (χ3n) is 3.60. The van der Waals surface area contributed by atoms with Crippen LogP contribution in [-0.2, 0) is 4.79 Å². The molecule has 5 nitrogen and oxygen atoms in total. The maximum absolute atomic E-state index is 12.8. The Kier molecular flexibility index (Phi) is 4.61. The van der Waals surface area contributed by atoms with Crippen molar-refractivity contribution in [2.45, 2.75) is 19.9 Å². The molecule has 1 aromatic heterocycles. The van der Waals surface area contributed by atoms with Gasteiger partial charge in [-0.3, -0.25) is 4.79 Å². The Labute approximate surface area is 140 Å². The van der Waals surface area contributed by atoms with E-state index in [0.29, 0.717) is 11.6 Å². The van der Waals surface area contributed by atoms with Gasteiger partial charge < -0.3 is 15.2 Å². The van der Waals surface area contributed by atoms with E-state index in [2.05, 4.69) is 15.8 Å². The van der Waals surface area contributed by atoms with Crippen molar-refractivity contribution in [3.63, 3.8) is 0 Å². The van der Waals surface area contributed by atoms with Gasteiger partial charge in [-0.1, -0.05) is 47.6 Å². The third kappa shape index (κ3) is 3.81. The summed E-state index contributed by atoms with van der Waals surface area (Å²) >= 11 is 0. The van der Waals surface area contributed by atoms with Crippen LogP contribution >= 0.6 is 0 Å². The van der Waals surface area contributed by atoms with Crippen molar-refractivity contribution < 1.29 is 9.32 Å². The van der Waals surface area contributed by atoms with E-state index in [1.165, 1.54) is 0 Å². The number of nitrogens with zero attached hydrogens (tertiary/aromatic N) is 1. The third-order valence-corrected chi connectivity index (χ3v) is 3.60. The van der Waals surface area contributed by atoms with Crippen molar-refractivity contribution in [2.24, 2.45) is 0 Å². The summed E-state index contributed by atoms with van der Waals surface area (Å²) in [7, 11) is 0. The van der Waals surface area contributed by atoms with Crippen molar-refractivity contribution in [3.05, 3.63) is 77.6 Å². The lowest BCUT2D eigenvalue weighted by Gasteiger charge is -2.19. The molecule has 0 saturated heterocycles. The van der Waals surface area contributed by atoms with Crippen LogP contribution in [0, 0.1) is 13.8 Å². The van der Waals surface area contributed by atoms with E-state index < -0.39 is 6.04 Å². The van der Waals surface area contributed by atoms with Crippen LogP contribution < -0.4 is 10.6 Å². The molecule has 5 heteroatoms. The lowest BCUT2D eigenvalue weighted by Crippen LogP contribution is -2.27. The van der Waals surface area contributed by atoms with Gasteiger partial charge in [0.25, 0.3) is 5.91 Å². The van der Waals surface area contributed by atoms with Crippen molar-refractivity contribution in [1.29, 1.82) is 0 Å². The highest BCUT2D eigenvalue weighted by molar-refractivity contribution is 5.96. The van der Waals surface area contributed by atoms with Crippen molar-refractivity contribution in [2.75, 3.05) is 10.6 Å². The summed E-state index contributed by atoms with van der Waals surface area (Å²) in [6.07, 6.45) is 0. The first kappa shape index (κ1) is 15.8. The molecule has 0 aliphatic rings. The number of rotatable bonds is 5. The number of hydrogen-bond donors (Lipinski definition) is 2. The van der Waals surface area contributed by atoms with E-state index in [4.69, 9.17) is 4.52 Å². The number of amides is 1. The molecule has 0 aliphatic heterocycles. The molecule has 0 aliphatic carbocycles. The normalized spacial score (nSPS) is 11.8. The molecule has 122 valence electrons. The second-order valence-electron chi connectivity index (χ2n) is 5.67. The molecule has 0 saturated carbocycles. The maximum atomic E-state index is 12.8. The van der Waals surface area contributed by atoms with Crippen molar-refractivity contribution >= 4 is 17.4 Å². The molecule has 0 bridgehead atoms. The SMILES string of the molecule is Cc1cccc(N[C@@H](C(=O)Nc2cc(C)on2)c2ccccc2)c1. The van der Waals surface area contributed by atoms with Gasteiger partial charge >= 0.3 is 0 Å². The van der Waals surface area contributed by atoms with Gasteiger partial charge in [0.15, 0.2) is 5.82 Å². The lowest BCUT2D eigenvalue weighted by atomic mass is 10.1. The molecule has 0 fully saturated rings. The molecule has 1 heterocycles. The molecular weight excluding hydrogens is 302 g/mol. The number of benzene rings is 2. The second kappa shape index (κ2) is 7.00. The van der Waals surface area contributed by atoms with E-state index >= 15 is 0 Å². The summed E-state index contributed by atoms with van der Waals surface area (Å²) in [6, 6.07) is 18.6. The smallest absolute Gasteiger partial charge is 0.252 e. The fourth-order valence-electron chi connectivity index (χ4n) is 2.47. The Morgan fingerprint density at radius 3 is 2.50 bits per heavy atom. The minimum Gasteiger partial charge on any atom is -0.370 e. The van der Waals surface area contributed by atoms with Crippen molar-refractivity contribution in [1.82, 2.24) is 5.16 Å². The van der Waals surface area contributed by atoms with E-state index in [-0.39, 0.29) is 5.91 Å². The number of aromatic nitrogens is 1. The predicted octanol–water partition coefficient (Wildman–Crippen LogP) is 4.08. The molecule has 0 spiro atoms. The number of anilines is 2. The second-order valence-corrected chi connectivity index (χ2v) is 5.67. The van der Waals surface area contributed by atoms with Gasteiger partial charge in [0.1, 0.15) is 11.8 Å². The maximum Gasteiger partial charge on any atom is 0.252 e. The molecule has 0 unspecified atom stereocenters. The first-order valence-electron chi connectivity index (χ1n) is 7.74. The van der Waals surface area contributed by atoms with Gasteiger partial charge in [0.05, 0.1) is 0 Å². The van der Waals surface area contributed by atoms with Crippen LogP contribution in [0.1, 0.15) is 22.9 Å². The van der Waals surface area contributed by atoms with Crippen LogP contribution in [0.3, 0.4) is 0 Å². The minimum atomic E-state index is -0.537. The molecule has 1 amide bonds. The number of carbonyl (C=O) groups excluding carboxylic acids is 1. The fourth-order valence-corrected chi connectivity index (χ4v) is 2.47. The Morgan fingerprint density at radius 2 is 1.83 bits per heavy atom. The summed E-state index contributed by atoms with van der Waals surface area (Å²) in [4.78, 5) is 12.8. The zero-order chi connectivity index (χ0) is 16.9. The Hall–Kier alpha value is -3.08. The van der Waals surface area contributed by atoms with E-state index in [9.17, 15) is 4.79 Å². The Balaban J connectivity index is 1.85. The van der Waals surface area contributed by atoms with E-state index in [1.54, 1.807) is 13.0 Å². The molecule has 0 radical (unpaired) electrons. The first-order valence-corrected chi connectivity index (χ1v) is 7.74. The number of hydrogen-bond acceptors (Lipinski definition) is 4. The van der Waals surface area contributed by atoms with Crippen LogP contribution in [0.25, 0.3) is 0 Å². The molecule has 2 N–H and O–H groups in total. The first-order chi connectivity index (χ1) is 11.6. The van der Waals surface area contributed by atoms with Crippen LogP contribution in [-0.4, -0.2) is 11.1 Å². The quantitative estimate of drug-likeness (QED) is 0.743. The summed E-state index contributed by atoms with van der Waals surface area (Å²) in [5.74, 6) is 0.855. The summed E-state index contributed by atoms with van der Waals surface area (Å²) in [5.41, 5.74) is 2.88. The van der Waals surface area contributed by atoms with Crippen molar-refractivity contribution in [3.8, 4) is 0 Å². The highest BCUT2D eigenvalue weighted by Crippen LogP contribution is 2.22. The monoisotopic (exact) mass is 321 g/mol. The number of nitrogens with one attached hydrogen (secondary N) is 2. The van der Waals surface area contributed by atoms with Gasteiger partial charge in [0, 0.05) is 11.8 Å². The van der Waals surface area contributed by atoms with E-state index in [1.807, 2.05) is 61.5 Å². The zero-order valence-electron chi connectivity index (χ0n) is 13.6. The average molecular weight is 321 g/mol. The summed E-state index contributed by atoms with van der Waals surface area (Å²) in [6.45, 7) is 3.79. The lowest BCUT2D eigenvalue weighted by molar-refractivity contribution is -0.117. The number of carbonyl (C=O) groups is 1. The standard InChI is InChI=1S/C19H19N3O2/c1-13-7-6-10-16(11-13)20-18(15-8-4-3-5-9-15)19(23)21-17-12-14(2)24-22-17/h3-12,18,20H,1-2H3,(H,21,22,23)/t18-/m1/s1. The molecule has 3 aromatic rings. The van der Waals surface area contributed by atoms with E-state index in [0.717, 1.165) is 16.8 Å². The highest BCUT2D eigenvalue weighted by Gasteiger charge is 2.21. The fraction of sp³-hybridized carbons (Fsp3) is 0.158. The molecule has 1 atom stereocenters. The molecule has 24 heavy (non-hydrogen) atoms. The van der Waals surface area contributed by atoms with Gasteiger partial charge in [0.2, 0.25) is 0 Å². The largest absolute Gasteiger partial charge is 0.370 e. The molecule has 3 rings (SSSR count).